The Morgan fingerprint density at radius 3 is 2.85 bits per heavy atom. The lowest BCUT2D eigenvalue weighted by molar-refractivity contribution is 0.0733. The molecule has 1 aliphatic heterocycles. The van der Waals surface area contributed by atoms with Gasteiger partial charge in [0, 0.05) is 18.8 Å². The molecule has 2 aromatic rings. The molecule has 104 valence electrons. The molecule has 0 aliphatic carbocycles. The number of aryl methyl sites for hydroxylation is 2. The summed E-state index contributed by atoms with van der Waals surface area (Å²) < 4.78 is 5.45. The molecule has 0 unspecified atom stereocenters. The number of fused-ring (bicyclic) bond motifs is 1. The van der Waals surface area contributed by atoms with Crippen molar-refractivity contribution in [3.05, 3.63) is 52.5 Å². The van der Waals surface area contributed by atoms with Crippen LogP contribution in [0.1, 0.15) is 33.0 Å². The van der Waals surface area contributed by atoms with Gasteiger partial charge in [-0.2, -0.15) is 0 Å². The Balaban J connectivity index is 1.89. The fourth-order valence-electron chi connectivity index (χ4n) is 2.79. The van der Waals surface area contributed by atoms with E-state index in [0.717, 1.165) is 30.0 Å². The first-order valence-electron chi connectivity index (χ1n) is 6.79. The molecule has 2 heterocycles. The lowest BCUT2D eigenvalue weighted by Gasteiger charge is -2.29. The molecule has 4 nitrogen and oxygen atoms in total. The van der Waals surface area contributed by atoms with Gasteiger partial charge in [0.25, 0.3) is 5.91 Å². The second kappa shape index (κ2) is 4.71. The molecule has 0 bridgehead atoms. The zero-order valence-electron chi connectivity index (χ0n) is 11.8. The van der Waals surface area contributed by atoms with Crippen LogP contribution < -0.4 is 5.73 Å². The highest BCUT2D eigenvalue weighted by molar-refractivity contribution is 5.95. The first-order valence-corrected chi connectivity index (χ1v) is 6.79. The van der Waals surface area contributed by atoms with Gasteiger partial charge >= 0.3 is 0 Å². The summed E-state index contributed by atoms with van der Waals surface area (Å²) in [5, 5.41) is 0. The minimum Gasteiger partial charge on any atom is -0.466 e. The zero-order valence-corrected chi connectivity index (χ0v) is 11.8. The van der Waals surface area contributed by atoms with Crippen LogP contribution in [-0.2, 0) is 13.0 Å². The van der Waals surface area contributed by atoms with Crippen molar-refractivity contribution in [2.24, 2.45) is 0 Å². The number of hydrogen-bond acceptors (Lipinski definition) is 3. The number of carbonyl (C=O) groups excluding carboxylic acids is 1. The van der Waals surface area contributed by atoms with Crippen molar-refractivity contribution in [2.75, 3.05) is 12.3 Å². The number of nitrogen functional groups attached to an aromatic ring is 1. The molecule has 0 saturated heterocycles. The van der Waals surface area contributed by atoms with Crippen LogP contribution in [0.25, 0.3) is 0 Å². The highest BCUT2D eigenvalue weighted by Crippen LogP contribution is 2.26. The Morgan fingerprint density at radius 2 is 2.15 bits per heavy atom. The Labute approximate surface area is 118 Å². The van der Waals surface area contributed by atoms with E-state index in [1.54, 1.807) is 0 Å². The average Bonchev–Trinajstić information content (AvgIpc) is 2.77. The van der Waals surface area contributed by atoms with E-state index in [4.69, 9.17) is 10.2 Å². The van der Waals surface area contributed by atoms with Gasteiger partial charge in [-0.1, -0.05) is 12.1 Å². The molecule has 1 aromatic heterocycles. The van der Waals surface area contributed by atoms with Crippen LogP contribution in [0.3, 0.4) is 0 Å². The van der Waals surface area contributed by atoms with E-state index in [0.29, 0.717) is 17.9 Å². The van der Waals surface area contributed by atoms with Crippen molar-refractivity contribution in [3.8, 4) is 0 Å². The van der Waals surface area contributed by atoms with E-state index in [9.17, 15) is 4.79 Å². The van der Waals surface area contributed by atoms with Gasteiger partial charge in [-0.15, -0.1) is 0 Å². The monoisotopic (exact) mass is 270 g/mol. The third-order valence-corrected chi connectivity index (χ3v) is 3.87. The minimum atomic E-state index is 0.0215. The standard InChI is InChI=1S/C16H18N2O2/c1-10-8-13(11(2)20-10)16(19)18-7-6-12-4-3-5-15(17)14(12)9-18/h3-5,8H,6-7,9,17H2,1-2H3. The fraction of sp³-hybridized carbons (Fsp3) is 0.312. The van der Waals surface area contributed by atoms with E-state index in [-0.39, 0.29) is 5.91 Å². The maximum Gasteiger partial charge on any atom is 0.257 e. The number of rotatable bonds is 1. The Morgan fingerprint density at radius 1 is 1.35 bits per heavy atom. The van der Waals surface area contributed by atoms with Crippen molar-refractivity contribution in [1.29, 1.82) is 0 Å². The lowest BCUT2D eigenvalue weighted by Crippen LogP contribution is -2.36. The van der Waals surface area contributed by atoms with Crippen LogP contribution in [0.4, 0.5) is 5.69 Å². The van der Waals surface area contributed by atoms with Crippen molar-refractivity contribution >= 4 is 11.6 Å². The number of nitrogens with zero attached hydrogens (tertiary/aromatic N) is 1. The van der Waals surface area contributed by atoms with E-state index in [1.165, 1.54) is 5.56 Å². The average molecular weight is 270 g/mol. The zero-order chi connectivity index (χ0) is 14.3. The summed E-state index contributed by atoms with van der Waals surface area (Å²) in [6.45, 7) is 4.98. The molecule has 1 aliphatic rings. The highest BCUT2D eigenvalue weighted by atomic mass is 16.3. The molecule has 0 spiro atoms. The van der Waals surface area contributed by atoms with E-state index < -0.39 is 0 Å². The molecule has 1 aromatic carbocycles. The summed E-state index contributed by atoms with van der Waals surface area (Å²) in [6, 6.07) is 7.75. The Kier molecular flexibility index (Phi) is 3.01. The Bertz CT molecular complexity index is 673. The van der Waals surface area contributed by atoms with Gasteiger partial charge in [-0.05, 0) is 43.5 Å². The van der Waals surface area contributed by atoms with Gasteiger partial charge in [0.05, 0.1) is 5.56 Å². The summed E-state index contributed by atoms with van der Waals surface area (Å²) in [4.78, 5) is 14.4. The van der Waals surface area contributed by atoms with Crippen LogP contribution >= 0.6 is 0 Å². The van der Waals surface area contributed by atoms with Crippen LogP contribution in [-0.4, -0.2) is 17.4 Å². The van der Waals surface area contributed by atoms with Crippen LogP contribution in [0, 0.1) is 13.8 Å². The molecule has 3 rings (SSSR count). The number of amides is 1. The van der Waals surface area contributed by atoms with Crippen LogP contribution in [0.2, 0.25) is 0 Å². The molecule has 1 amide bonds. The molecule has 2 N–H and O–H groups in total. The summed E-state index contributed by atoms with van der Waals surface area (Å²) in [5.74, 6) is 1.47. The number of benzene rings is 1. The first-order chi connectivity index (χ1) is 9.56. The molecular formula is C16H18N2O2. The van der Waals surface area contributed by atoms with Gasteiger partial charge in [0.2, 0.25) is 0 Å². The number of furan rings is 1. The minimum absolute atomic E-state index is 0.0215. The molecule has 0 fully saturated rings. The van der Waals surface area contributed by atoms with Gasteiger partial charge in [-0.25, -0.2) is 0 Å². The van der Waals surface area contributed by atoms with Gasteiger partial charge in [-0.3, -0.25) is 4.79 Å². The normalized spacial score (nSPS) is 14.2. The predicted molar refractivity (Wildman–Crippen MR) is 77.5 cm³/mol. The quantitative estimate of drug-likeness (QED) is 0.810. The summed E-state index contributed by atoms with van der Waals surface area (Å²) >= 11 is 0. The van der Waals surface area contributed by atoms with Crippen molar-refractivity contribution in [2.45, 2.75) is 26.8 Å². The largest absolute Gasteiger partial charge is 0.466 e. The number of nitrogens with two attached hydrogens (primary N) is 1. The first kappa shape index (κ1) is 12.8. The number of hydrogen-bond donors (Lipinski definition) is 1. The van der Waals surface area contributed by atoms with Crippen molar-refractivity contribution in [1.82, 2.24) is 4.90 Å². The fourth-order valence-corrected chi connectivity index (χ4v) is 2.79. The van der Waals surface area contributed by atoms with Gasteiger partial charge in [0.1, 0.15) is 11.5 Å². The second-order valence-corrected chi connectivity index (χ2v) is 5.29. The molecule has 0 saturated carbocycles. The molecular weight excluding hydrogens is 252 g/mol. The molecule has 4 heteroatoms. The van der Waals surface area contributed by atoms with Gasteiger partial charge in [0.15, 0.2) is 0 Å². The maximum atomic E-state index is 12.6. The highest BCUT2D eigenvalue weighted by Gasteiger charge is 2.25. The topological polar surface area (TPSA) is 59.5 Å². The van der Waals surface area contributed by atoms with Crippen molar-refractivity contribution in [3.63, 3.8) is 0 Å². The number of carbonyl (C=O) groups is 1. The molecule has 0 radical (unpaired) electrons. The lowest BCUT2D eigenvalue weighted by atomic mass is 9.97. The summed E-state index contributed by atoms with van der Waals surface area (Å²) in [6.07, 6.45) is 0.849. The van der Waals surface area contributed by atoms with E-state index >= 15 is 0 Å². The summed E-state index contributed by atoms with van der Waals surface area (Å²) in [5.41, 5.74) is 9.76. The van der Waals surface area contributed by atoms with Crippen molar-refractivity contribution < 1.29 is 9.21 Å². The predicted octanol–water partition coefficient (Wildman–Crippen LogP) is 2.68. The smallest absolute Gasteiger partial charge is 0.257 e. The van der Waals surface area contributed by atoms with Crippen LogP contribution in [0.5, 0.6) is 0 Å². The maximum absolute atomic E-state index is 12.6. The third kappa shape index (κ3) is 2.07. The van der Waals surface area contributed by atoms with E-state index in [1.807, 2.05) is 36.9 Å². The van der Waals surface area contributed by atoms with Gasteiger partial charge < -0.3 is 15.1 Å². The second-order valence-electron chi connectivity index (χ2n) is 5.29. The molecule has 20 heavy (non-hydrogen) atoms. The molecule has 0 atom stereocenters. The summed E-state index contributed by atoms with van der Waals surface area (Å²) in [7, 11) is 0. The third-order valence-electron chi connectivity index (χ3n) is 3.87. The van der Waals surface area contributed by atoms with Crippen LogP contribution in [0.15, 0.2) is 28.7 Å². The SMILES string of the molecule is Cc1cc(C(=O)N2CCc3cccc(N)c3C2)c(C)o1. The Hall–Kier alpha value is -2.23. The van der Waals surface area contributed by atoms with E-state index in [2.05, 4.69) is 6.07 Å². The number of anilines is 1.